The Morgan fingerprint density at radius 1 is 1.54 bits per heavy atom. The summed E-state index contributed by atoms with van der Waals surface area (Å²) in [6.07, 6.45) is 0.813. The zero-order chi connectivity index (χ0) is 9.26. The van der Waals surface area contributed by atoms with Crippen molar-refractivity contribution in [2.24, 2.45) is 0 Å². The molecule has 13 heavy (non-hydrogen) atoms. The quantitative estimate of drug-likeness (QED) is 0.822. The number of hydrogen-bond acceptors (Lipinski definition) is 2. The minimum atomic E-state index is -0.203. The third-order valence-corrected chi connectivity index (χ3v) is 2.70. The summed E-state index contributed by atoms with van der Waals surface area (Å²) in [5.41, 5.74) is 3.44. The molecule has 1 N–H and O–H groups in total. The van der Waals surface area contributed by atoms with Crippen molar-refractivity contribution in [2.45, 2.75) is 12.5 Å². The van der Waals surface area contributed by atoms with Crippen LogP contribution in [-0.4, -0.2) is 6.61 Å². The van der Waals surface area contributed by atoms with Crippen LogP contribution in [0.4, 0.5) is 4.39 Å². The van der Waals surface area contributed by atoms with Crippen LogP contribution in [0.3, 0.4) is 0 Å². The van der Waals surface area contributed by atoms with E-state index >= 15 is 0 Å². The van der Waals surface area contributed by atoms with Gasteiger partial charge in [0.2, 0.25) is 0 Å². The lowest BCUT2D eigenvalue weighted by Gasteiger charge is -2.10. The largest absolute Gasteiger partial charge is 0.301 e. The summed E-state index contributed by atoms with van der Waals surface area (Å²) in [5, 5.41) is 0. The molecule has 1 fully saturated rings. The normalized spacial score (nSPS) is 22.2. The second-order valence-corrected chi connectivity index (χ2v) is 3.80. The molecule has 0 amide bonds. The first-order valence-electron chi connectivity index (χ1n) is 4.10. The van der Waals surface area contributed by atoms with Gasteiger partial charge in [0.15, 0.2) is 0 Å². The molecule has 0 saturated carbocycles. The van der Waals surface area contributed by atoms with E-state index < -0.39 is 0 Å². The lowest BCUT2D eigenvalue weighted by molar-refractivity contribution is 0.0877. The molecule has 1 aliphatic heterocycles. The molecule has 0 aromatic heterocycles. The first kappa shape index (κ1) is 9.12. The molecule has 0 radical (unpaired) electrons. The Morgan fingerprint density at radius 2 is 2.38 bits per heavy atom. The van der Waals surface area contributed by atoms with Crippen LogP contribution in [0.2, 0.25) is 0 Å². The van der Waals surface area contributed by atoms with Gasteiger partial charge < -0.3 is 4.84 Å². The van der Waals surface area contributed by atoms with Gasteiger partial charge >= 0.3 is 0 Å². The second kappa shape index (κ2) is 3.74. The Bertz CT molecular complexity index is 312. The van der Waals surface area contributed by atoms with E-state index in [-0.39, 0.29) is 11.9 Å². The van der Waals surface area contributed by atoms with E-state index in [2.05, 4.69) is 21.4 Å². The molecule has 0 aliphatic carbocycles. The van der Waals surface area contributed by atoms with Crippen LogP contribution in [0.5, 0.6) is 0 Å². The monoisotopic (exact) mass is 245 g/mol. The first-order chi connectivity index (χ1) is 6.29. The highest BCUT2D eigenvalue weighted by atomic mass is 79.9. The first-order valence-corrected chi connectivity index (χ1v) is 4.89. The summed E-state index contributed by atoms with van der Waals surface area (Å²) in [5.74, 6) is -0.203. The van der Waals surface area contributed by atoms with Crippen LogP contribution in [0.15, 0.2) is 22.7 Å². The maximum atomic E-state index is 13.5. The molecule has 2 rings (SSSR count). The van der Waals surface area contributed by atoms with Crippen LogP contribution >= 0.6 is 15.9 Å². The average molecular weight is 246 g/mol. The van der Waals surface area contributed by atoms with Crippen LogP contribution < -0.4 is 5.48 Å². The van der Waals surface area contributed by atoms with Crippen LogP contribution in [0, 0.1) is 5.82 Å². The van der Waals surface area contributed by atoms with E-state index in [9.17, 15) is 4.39 Å². The van der Waals surface area contributed by atoms with Crippen molar-refractivity contribution in [3.05, 3.63) is 34.1 Å². The van der Waals surface area contributed by atoms with Gasteiger partial charge in [-0.2, -0.15) is 5.48 Å². The summed E-state index contributed by atoms with van der Waals surface area (Å²) < 4.78 is 14.0. The van der Waals surface area contributed by atoms with Crippen molar-refractivity contribution >= 4 is 15.9 Å². The van der Waals surface area contributed by atoms with Gasteiger partial charge in [0.1, 0.15) is 5.82 Å². The van der Waals surface area contributed by atoms with Gasteiger partial charge in [0.25, 0.3) is 0 Å². The summed E-state index contributed by atoms with van der Waals surface area (Å²) in [6, 6.07) is 5.27. The van der Waals surface area contributed by atoms with E-state index in [0.29, 0.717) is 16.6 Å². The fraction of sp³-hybridized carbons (Fsp3) is 0.333. The number of benzene rings is 1. The highest BCUT2D eigenvalue weighted by molar-refractivity contribution is 9.10. The van der Waals surface area contributed by atoms with Crippen molar-refractivity contribution in [2.75, 3.05) is 6.61 Å². The standard InChI is InChI=1S/C9H9BrFNO/c10-7-3-1-2-6(9(7)11)8-4-5-13-12-8/h1-3,8,12H,4-5H2. The molecule has 1 heterocycles. The maximum absolute atomic E-state index is 13.5. The van der Waals surface area contributed by atoms with Crippen LogP contribution in [0.25, 0.3) is 0 Å². The highest BCUT2D eigenvalue weighted by Crippen LogP contribution is 2.27. The number of nitrogens with one attached hydrogen (secondary N) is 1. The van der Waals surface area contributed by atoms with Gasteiger partial charge in [-0.25, -0.2) is 4.39 Å². The predicted molar refractivity (Wildman–Crippen MR) is 50.5 cm³/mol. The van der Waals surface area contributed by atoms with E-state index in [0.717, 1.165) is 6.42 Å². The zero-order valence-electron chi connectivity index (χ0n) is 6.89. The zero-order valence-corrected chi connectivity index (χ0v) is 8.47. The van der Waals surface area contributed by atoms with Gasteiger partial charge in [-0.05, 0) is 28.4 Å². The van der Waals surface area contributed by atoms with Gasteiger partial charge in [0.05, 0.1) is 17.1 Å². The minimum absolute atomic E-state index is 0.0162. The summed E-state index contributed by atoms with van der Waals surface area (Å²) in [4.78, 5) is 4.97. The number of hydroxylamine groups is 1. The average Bonchev–Trinajstić information content (AvgIpc) is 2.62. The van der Waals surface area contributed by atoms with E-state index in [1.807, 2.05) is 6.07 Å². The summed E-state index contributed by atoms with van der Waals surface area (Å²) >= 11 is 3.15. The molecule has 70 valence electrons. The number of halogens is 2. The maximum Gasteiger partial charge on any atom is 0.142 e. The van der Waals surface area contributed by atoms with Crippen LogP contribution in [0.1, 0.15) is 18.0 Å². The SMILES string of the molecule is Fc1c(Br)cccc1C1CCON1. The Labute approximate surface area is 84.2 Å². The lowest BCUT2D eigenvalue weighted by atomic mass is 10.1. The summed E-state index contributed by atoms with van der Waals surface area (Å²) in [7, 11) is 0. The topological polar surface area (TPSA) is 21.3 Å². The van der Waals surface area contributed by atoms with Crippen molar-refractivity contribution < 1.29 is 9.23 Å². The van der Waals surface area contributed by atoms with Crippen molar-refractivity contribution in [3.63, 3.8) is 0 Å². The molecule has 1 aromatic rings. The Morgan fingerprint density at radius 3 is 3.08 bits per heavy atom. The fourth-order valence-electron chi connectivity index (χ4n) is 1.40. The molecule has 1 unspecified atom stereocenters. The van der Waals surface area contributed by atoms with E-state index in [1.165, 1.54) is 0 Å². The van der Waals surface area contributed by atoms with E-state index in [1.54, 1.807) is 12.1 Å². The molecule has 0 spiro atoms. The van der Waals surface area contributed by atoms with Gasteiger partial charge in [-0.1, -0.05) is 12.1 Å². The Balaban J connectivity index is 2.33. The highest BCUT2D eigenvalue weighted by Gasteiger charge is 2.21. The Kier molecular flexibility index (Phi) is 2.62. The van der Waals surface area contributed by atoms with Gasteiger partial charge in [-0.3, -0.25) is 0 Å². The smallest absolute Gasteiger partial charge is 0.142 e. The van der Waals surface area contributed by atoms with Gasteiger partial charge in [-0.15, -0.1) is 0 Å². The lowest BCUT2D eigenvalue weighted by Crippen LogP contribution is -2.13. The second-order valence-electron chi connectivity index (χ2n) is 2.95. The molecule has 1 aromatic carbocycles. The molecule has 1 aliphatic rings. The van der Waals surface area contributed by atoms with Crippen LogP contribution in [-0.2, 0) is 4.84 Å². The molecular formula is C9H9BrFNO. The molecule has 1 saturated heterocycles. The minimum Gasteiger partial charge on any atom is -0.301 e. The van der Waals surface area contributed by atoms with Crippen molar-refractivity contribution in [3.8, 4) is 0 Å². The third kappa shape index (κ3) is 1.75. The number of rotatable bonds is 1. The van der Waals surface area contributed by atoms with Crippen molar-refractivity contribution in [1.29, 1.82) is 0 Å². The molecule has 0 bridgehead atoms. The van der Waals surface area contributed by atoms with Crippen molar-refractivity contribution in [1.82, 2.24) is 5.48 Å². The number of hydrogen-bond donors (Lipinski definition) is 1. The Hall–Kier alpha value is -0.450. The molecule has 1 atom stereocenters. The molecular weight excluding hydrogens is 237 g/mol. The summed E-state index contributed by atoms with van der Waals surface area (Å²) in [6.45, 7) is 0.636. The van der Waals surface area contributed by atoms with Gasteiger partial charge in [0, 0.05) is 5.56 Å². The fourth-order valence-corrected chi connectivity index (χ4v) is 1.79. The molecule has 4 heteroatoms. The predicted octanol–water partition coefficient (Wildman–Crippen LogP) is 2.55. The molecule has 2 nitrogen and oxygen atoms in total. The third-order valence-electron chi connectivity index (χ3n) is 2.09. The van der Waals surface area contributed by atoms with E-state index in [4.69, 9.17) is 4.84 Å².